The first kappa shape index (κ1) is 17.0. The van der Waals surface area contributed by atoms with Crippen molar-refractivity contribution in [1.29, 1.82) is 0 Å². The Balaban J connectivity index is 1.69. The molecule has 1 atom stereocenters. The van der Waals surface area contributed by atoms with Crippen molar-refractivity contribution in [3.63, 3.8) is 0 Å². The summed E-state index contributed by atoms with van der Waals surface area (Å²) in [6.45, 7) is 5.99. The molecule has 0 radical (unpaired) electrons. The Morgan fingerprint density at radius 2 is 2.12 bits per heavy atom. The van der Waals surface area contributed by atoms with Crippen LogP contribution in [0.25, 0.3) is 0 Å². The number of hydrogen-bond acceptors (Lipinski definition) is 4. The van der Waals surface area contributed by atoms with Gasteiger partial charge in [0.1, 0.15) is 5.69 Å². The molecule has 0 saturated carbocycles. The third-order valence-corrected chi connectivity index (χ3v) is 4.87. The number of fused-ring (bicyclic) bond motifs is 1. The third-order valence-electron chi connectivity index (χ3n) is 4.87. The van der Waals surface area contributed by atoms with Crippen LogP contribution in [0, 0.1) is 5.92 Å². The quantitative estimate of drug-likeness (QED) is 0.816. The molecule has 0 bridgehead atoms. The van der Waals surface area contributed by atoms with E-state index in [0.717, 1.165) is 31.5 Å². The summed E-state index contributed by atoms with van der Waals surface area (Å²) in [6, 6.07) is 0. The van der Waals surface area contributed by atoms with Crippen LogP contribution in [0.5, 0.6) is 0 Å². The zero-order valence-electron chi connectivity index (χ0n) is 14.5. The number of carbonyl (C=O) groups is 2. The number of morpholine rings is 1. The summed E-state index contributed by atoms with van der Waals surface area (Å²) in [5.74, 6) is 0.151. The van der Waals surface area contributed by atoms with Crippen LogP contribution in [-0.2, 0) is 22.5 Å². The van der Waals surface area contributed by atoms with Crippen molar-refractivity contribution in [3.05, 3.63) is 17.7 Å². The smallest absolute Gasteiger partial charge is 0.274 e. The van der Waals surface area contributed by atoms with Crippen molar-refractivity contribution in [3.8, 4) is 0 Å². The molecule has 24 heavy (non-hydrogen) atoms. The Kier molecular flexibility index (Phi) is 5.18. The maximum atomic E-state index is 12.7. The van der Waals surface area contributed by atoms with E-state index in [-0.39, 0.29) is 17.7 Å². The fourth-order valence-corrected chi connectivity index (χ4v) is 3.51. The van der Waals surface area contributed by atoms with E-state index in [0.29, 0.717) is 38.5 Å². The summed E-state index contributed by atoms with van der Waals surface area (Å²) >= 11 is 0. The van der Waals surface area contributed by atoms with Crippen molar-refractivity contribution in [2.24, 2.45) is 5.92 Å². The van der Waals surface area contributed by atoms with Gasteiger partial charge in [0.05, 0.1) is 31.2 Å². The molecule has 0 spiro atoms. The predicted molar refractivity (Wildman–Crippen MR) is 88.7 cm³/mol. The van der Waals surface area contributed by atoms with Gasteiger partial charge in [-0.15, -0.1) is 0 Å². The van der Waals surface area contributed by atoms with Crippen molar-refractivity contribution < 1.29 is 14.3 Å². The molecule has 132 valence electrons. The SMILES string of the molecule is CCCN(C)C(=O)c1ncn2c1CCC(C(=O)N1CCOCC1)C2. The van der Waals surface area contributed by atoms with Crippen LogP contribution in [0.3, 0.4) is 0 Å². The Hall–Kier alpha value is -1.89. The summed E-state index contributed by atoms with van der Waals surface area (Å²) in [7, 11) is 1.81. The summed E-state index contributed by atoms with van der Waals surface area (Å²) in [4.78, 5) is 33.1. The van der Waals surface area contributed by atoms with Crippen molar-refractivity contribution in [2.75, 3.05) is 39.9 Å². The van der Waals surface area contributed by atoms with Gasteiger partial charge in [0.15, 0.2) is 0 Å². The molecule has 2 amide bonds. The molecule has 7 heteroatoms. The predicted octanol–water partition coefficient (Wildman–Crippen LogP) is 0.786. The molecule has 2 aliphatic heterocycles. The molecule has 1 aromatic rings. The number of ether oxygens (including phenoxy) is 1. The van der Waals surface area contributed by atoms with Crippen molar-refractivity contribution >= 4 is 11.8 Å². The maximum absolute atomic E-state index is 12.7. The molecule has 0 aliphatic carbocycles. The van der Waals surface area contributed by atoms with Gasteiger partial charge in [-0.1, -0.05) is 6.92 Å². The maximum Gasteiger partial charge on any atom is 0.274 e. The lowest BCUT2D eigenvalue weighted by molar-refractivity contribution is -0.140. The molecule has 2 aliphatic rings. The second-order valence-corrected chi connectivity index (χ2v) is 6.59. The lowest BCUT2D eigenvalue weighted by atomic mass is 9.95. The standard InChI is InChI=1S/C17H26N4O3/c1-3-6-19(2)17(23)15-14-5-4-13(11-21(14)12-18-15)16(22)20-7-9-24-10-8-20/h12-13H,3-11H2,1-2H3. The van der Waals surface area contributed by atoms with Gasteiger partial charge >= 0.3 is 0 Å². The average molecular weight is 334 g/mol. The largest absolute Gasteiger partial charge is 0.378 e. The second-order valence-electron chi connectivity index (χ2n) is 6.59. The topological polar surface area (TPSA) is 67.7 Å². The number of carbonyl (C=O) groups excluding carboxylic acids is 2. The minimum Gasteiger partial charge on any atom is -0.378 e. The fourth-order valence-electron chi connectivity index (χ4n) is 3.51. The molecule has 0 aromatic carbocycles. The van der Waals surface area contributed by atoms with E-state index in [2.05, 4.69) is 4.98 Å². The number of imidazole rings is 1. The molecule has 1 fully saturated rings. The van der Waals surface area contributed by atoms with E-state index >= 15 is 0 Å². The first-order valence-electron chi connectivity index (χ1n) is 8.77. The summed E-state index contributed by atoms with van der Waals surface area (Å²) in [5.41, 5.74) is 1.51. The molecular weight excluding hydrogens is 308 g/mol. The van der Waals surface area contributed by atoms with Gasteiger partial charge in [0.2, 0.25) is 5.91 Å². The van der Waals surface area contributed by atoms with E-state index in [1.54, 1.807) is 11.2 Å². The van der Waals surface area contributed by atoms with Crippen LogP contribution in [0.15, 0.2) is 6.33 Å². The average Bonchev–Trinajstić information content (AvgIpc) is 3.04. The lowest BCUT2D eigenvalue weighted by Crippen LogP contribution is -2.45. The molecule has 1 saturated heterocycles. The number of nitrogens with zero attached hydrogens (tertiary/aromatic N) is 4. The van der Waals surface area contributed by atoms with Crippen LogP contribution >= 0.6 is 0 Å². The first-order valence-corrected chi connectivity index (χ1v) is 8.77. The Labute approximate surface area is 142 Å². The van der Waals surface area contributed by atoms with Gasteiger partial charge in [-0.25, -0.2) is 4.98 Å². The van der Waals surface area contributed by atoms with Crippen LogP contribution in [0.1, 0.15) is 35.9 Å². The lowest BCUT2D eigenvalue weighted by Gasteiger charge is -2.32. The van der Waals surface area contributed by atoms with Crippen LogP contribution < -0.4 is 0 Å². The van der Waals surface area contributed by atoms with E-state index in [1.165, 1.54) is 0 Å². The zero-order valence-corrected chi connectivity index (χ0v) is 14.5. The van der Waals surface area contributed by atoms with E-state index in [9.17, 15) is 9.59 Å². The fraction of sp³-hybridized carbons (Fsp3) is 0.706. The highest BCUT2D eigenvalue weighted by Gasteiger charge is 2.32. The van der Waals surface area contributed by atoms with E-state index in [1.807, 2.05) is 23.4 Å². The number of rotatable bonds is 4. The normalized spacial score (nSPS) is 20.6. The highest BCUT2D eigenvalue weighted by molar-refractivity contribution is 5.93. The minimum absolute atomic E-state index is 0.0245. The van der Waals surface area contributed by atoms with E-state index in [4.69, 9.17) is 4.74 Å². The van der Waals surface area contributed by atoms with Gasteiger partial charge in [0, 0.05) is 33.2 Å². The number of hydrogen-bond donors (Lipinski definition) is 0. The molecular formula is C17H26N4O3. The minimum atomic E-state index is -0.0267. The van der Waals surface area contributed by atoms with Crippen LogP contribution in [-0.4, -0.2) is 71.1 Å². The van der Waals surface area contributed by atoms with E-state index < -0.39 is 0 Å². The molecule has 0 N–H and O–H groups in total. The molecule has 3 heterocycles. The molecule has 3 rings (SSSR count). The molecule has 7 nitrogen and oxygen atoms in total. The number of amides is 2. The number of aromatic nitrogens is 2. The monoisotopic (exact) mass is 334 g/mol. The first-order chi connectivity index (χ1) is 11.6. The Morgan fingerprint density at radius 3 is 2.83 bits per heavy atom. The van der Waals surface area contributed by atoms with Gasteiger partial charge in [0.25, 0.3) is 5.91 Å². The third kappa shape index (κ3) is 3.31. The Bertz CT molecular complexity index is 607. The summed E-state index contributed by atoms with van der Waals surface area (Å²) < 4.78 is 7.30. The second kappa shape index (κ2) is 7.34. The highest BCUT2D eigenvalue weighted by atomic mass is 16.5. The summed E-state index contributed by atoms with van der Waals surface area (Å²) in [6.07, 6.45) is 4.14. The van der Waals surface area contributed by atoms with Crippen molar-refractivity contribution in [2.45, 2.75) is 32.7 Å². The Morgan fingerprint density at radius 1 is 1.38 bits per heavy atom. The highest BCUT2D eigenvalue weighted by Crippen LogP contribution is 2.25. The van der Waals surface area contributed by atoms with Crippen LogP contribution in [0.4, 0.5) is 0 Å². The van der Waals surface area contributed by atoms with Crippen molar-refractivity contribution in [1.82, 2.24) is 19.4 Å². The van der Waals surface area contributed by atoms with Gasteiger partial charge in [-0.3, -0.25) is 9.59 Å². The van der Waals surface area contributed by atoms with Gasteiger partial charge in [-0.05, 0) is 19.3 Å². The molecule has 1 aromatic heterocycles. The summed E-state index contributed by atoms with van der Waals surface area (Å²) in [5, 5.41) is 0. The van der Waals surface area contributed by atoms with Crippen LogP contribution in [0.2, 0.25) is 0 Å². The molecule has 1 unspecified atom stereocenters. The zero-order chi connectivity index (χ0) is 17.1. The van der Waals surface area contributed by atoms with Gasteiger partial charge < -0.3 is 19.1 Å². The van der Waals surface area contributed by atoms with Gasteiger partial charge in [-0.2, -0.15) is 0 Å².